The maximum Gasteiger partial charge on any atom is 0.286 e. The van der Waals surface area contributed by atoms with Crippen molar-refractivity contribution in [1.82, 2.24) is 4.72 Å². The Bertz CT molecular complexity index is 791. The largest absolute Gasteiger partial charge is 0.286 e. The average Bonchev–Trinajstić information content (AvgIpc) is 2.36. The van der Waals surface area contributed by atoms with E-state index in [0.717, 1.165) is 12.1 Å². The quantitative estimate of drug-likeness (QED) is 0.455. The van der Waals surface area contributed by atoms with Gasteiger partial charge in [-0.2, -0.15) is 0 Å². The first-order valence-electron chi connectivity index (χ1n) is 4.96. The average molecular weight is 316 g/mol. The van der Waals surface area contributed by atoms with Gasteiger partial charge in [0.2, 0.25) is 10.0 Å². The number of nitro benzene ring substituents is 1. The van der Waals surface area contributed by atoms with Crippen molar-refractivity contribution in [2.45, 2.75) is 11.8 Å². The lowest BCUT2D eigenvalue weighted by Crippen LogP contribution is -2.37. The molecular weight excluding hydrogens is 308 g/mol. The second-order valence-electron chi connectivity index (χ2n) is 3.30. The molecule has 0 bridgehead atoms. The molecule has 1 N–H and O–H groups in total. The second kappa shape index (κ2) is 6.12. The van der Waals surface area contributed by atoms with Gasteiger partial charge in [-0.05, 0) is 40.5 Å². The van der Waals surface area contributed by atoms with Gasteiger partial charge in [-0.15, -0.1) is 0 Å². The third-order valence-electron chi connectivity index (χ3n) is 2.17. The molecular formula is C10H8N2O4S3. The molecule has 0 fully saturated rings. The number of rotatable bonds is 4. The summed E-state index contributed by atoms with van der Waals surface area (Å²) in [4.78, 5) is 9.94. The molecule has 0 heterocycles. The van der Waals surface area contributed by atoms with Crippen LogP contribution in [0.4, 0.5) is 5.69 Å². The highest BCUT2D eigenvalue weighted by molar-refractivity contribution is 7.89. The Morgan fingerprint density at radius 2 is 1.89 bits per heavy atom. The molecule has 0 unspecified atom stereocenters. The summed E-state index contributed by atoms with van der Waals surface area (Å²) < 4.78 is 26.1. The summed E-state index contributed by atoms with van der Waals surface area (Å²) in [6.07, 6.45) is 0. The zero-order valence-electron chi connectivity index (χ0n) is 9.67. The number of nitrogens with one attached hydrogen (secondary N) is 1. The summed E-state index contributed by atoms with van der Waals surface area (Å²) in [7, 11) is -3.82. The van der Waals surface area contributed by atoms with Crippen LogP contribution in [0.2, 0.25) is 0 Å². The highest BCUT2D eigenvalue weighted by Crippen LogP contribution is 2.06. The van der Waals surface area contributed by atoms with E-state index in [1.165, 1.54) is 0 Å². The predicted octanol–water partition coefficient (Wildman–Crippen LogP) is -0.567. The molecule has 0 spiro atoms. The summed E-state index contributed by atoms with van der Waals surface area (Å²) in [5.74, 6) is 0. The van der Waals surface area contributed by atoms with Crippen LogP contribution in [-0.4, -0.2) is 29.9 Å². The van der Waals surface area contributed by atoms with E-state index >= 15 is 0 Å². The molecule has 9 heteroatoms. The Labute approximate surface area is 119 Å². The van der Waals surface area contributed by atoms with E-state index in [-0.39, 0.29) is 27.6 Å². The normalized spacial score (nSPS) is 10.6. The molecule has 1 aromatic carbocycles. The number of nitro groups is 1. The van der Waals surface area contributed by atoms with Gasteiger partial charge in [0, 0.05) is 12.6 Å². The van der Waals surface area contributed by atoms with Crippen molar-refractivity contribution >= 4 is 50.2 Å². The SMILES string of the molecule is CCNS(=O)(=O)c1ccc([N+](=O)[O-])c(=C=S)c1=C=S. The van der Waals surface area contributed by atoms with Crippen molar-refractivity contribution in [1.29, 1.82) is 0 Å². The van der Waals surface area contributed by atoms with E-state index in [9.17, 15) is 18.5 Å². The Balaban J connectivity index is 3.92. The van der Waals surface area contributed by atoms with Crippen LogP contribution in [0.25, 0.3) is 0 Å². The molecule has 0 atom stereocenters. The van der Waals surface area contributed by atoms with Crippen molar-refractivity contribution in [2.24, 2.45) is 0 Å². The Kier molecular flexibility index (Phi) is 5.02. The molecule has 6 nitrogen and oxygen atoms in total. The summed E-state index contributed by atoms with van der Waals surface area (Å²) in [5, 5.41) is 14.9. The highest BCUT2D eigenvalue weighted by Gasteiger charge is 2.19. The number of sulfonamides is 1. The molecule has 1 aromatic rings. The zero-order chi connectivity index (χ0) is 14.6. The van der Waals surface area contributed by atoms with Gasteiger partial charge in [0.15, 0.2) is 0 Å². The van der Waals surface area contributed by atoms with Crippen LogP contribution in [0, 0.1) is 10.1 Å². The van der Waals surface area contributed by atoms with Crippen LogP contribution in [0.3, 0.4) is 0 Å². The molecule has 0 aromatic heterocycles. The van der Waals surface area contributed by atoms with Crippen molar-refractivity contribution in [3.8, 4) is 0 Å². The van der Waals surface area contributed by atoms with Crippen LogP contribution in [0.15, 0.2) is 17.0 Å². The van der Waals surface area contributed by atoms with E-state index in [4.69, 9.17) is 0 Å². The minimum atomic E-state index is -3.82. The second-order valence-corrected chi connectivity index (χ2v) is 5.44. The maximum absolute atomic E-state index is 11.9. The first-order valence-corrected chi connectivity index (χ1v) is 7.26. The van der Waals surface area contributed by atoms with E-state index in [1.807, 2.05) is 0 Å². The minimum Gasteiger partial charge on any atom is -0.258 e. The highest BCUT2D eigenvalue weighted by atomic mass is 32.2. The van der Waals surface area contributed by atoms with Crippen LogP contribution >= 0.6 is 24.4 Å². The predicted molar refractivity (Wildman–Crippen MR) is 76.6 cm³/mol. The third kappa shape index (κ3) is 3.10. The van der Waals surface area contributed by atoms with Crippen LogP contribution in [-0.2, 0) is 10.0 Å². The number of benzene rings is 1. The molecule has 1 rings (SSSR count). The molecule has 100 valence electrons. The van der Waals surface area contributed by atoms with Gasteiger partial charge >= 0.3 is 0 Å². The van der Waals surface area contributed by atoms with E-state index < -0.39 is 14.9 Å². The van der Waals surface area contributed by atoms with Crippen LogP contribution < -0.4 is 15.2 Å². The minimum absolute atomic E-state index is 0.125. The molecule has 0 saturated carbocycles. The first-order chi connectivity index (χ1) is 8.88. The Hall–Kier alpha value is -1.47. The molecule has 0 aliphatic heterocycles. The van der Waals surface area contributed by atoms with E-state index in [0.29, 0.717) is 0 Å². The number of hydrogen-bond acceptors (Lipinski definition) is 6. The van der Waals surface area contributed by atoms with Crippen molar-refractivity contribution in [3.05, 3.63) is 32.7 Å². The van der Waals surface area contributed by atoms with Crippen molar-refractivity contribution in [2.75, 3.05) is 6.54 Å². The van der Waals surface area contributed by atoms with Gasteiger partial charge < -0.3 is 0 Å². The smallest absolute Gasteiger partial charge is 0.258 e. The number of hydrogen-bond donors (Lipinski definition) is 1. The fraction of sp³-hybridized carbons (Fsp3) is 0.200. The van der Waals surface area contributed by atoms with Gasteiger partial charge in [-0.3, -0.25) is 10.1 Å². The van der Waals surface area contributed by atoms with Crippen LogP contribution in [0.1, 0.15) is 6.92 Å². The van der Waals surface area contributed by atoms with Crippen molar-refractivity contribution < 1.29 is 13.3 Å². The molecule has 19 heavy (non-hydrogen) atoms. The van der Waals surface area contributed by atoms with Gasteiger partial charge in [0.1, 0.15) is 5.22 Å². The molecule has 0 saturated heterocycles. The fourth-order valence-electron chi connectivity index (χ4n) is 1.42. The fourth-order valence-corrected chi connectivity index (χ4v) is 3.11. The lowest BCUT2D eigenvalue weighted by molar-refractivity contribution is -0.385. The lowest BCUT2D eigenvalue weighted by Gasteiger charge is -2.04. The molecule has 0 aliphatic rings. The maximum atomic E-state index is 11.9. The topological polar surface area (TPSA) is 89.3 Å². The molecule has 0 amide bonds. The number of non-ortho nitro benzene ring substituents is 1. The standard InChI is InChI=1S/C10H8N2O4S3/c1-2-11-19(15,16)10-4-3-9(12(13)14)7(5-17)8(10)6-18/h3-4,11H,2H2,1H3. The number of thiocarbonyl (C=S) groups is 2. The van der Waals surface area contributed by atoms with Gasteiger partial charge in [0.05, 0.1) is 15.0 Å². The van der Waals surface area contributed by atoms with Gasteiger partial charge in [-0.1, -0.05) is 6.92 Å². The van der Waals surface area contributed by atoms with E-state index in [1.54, 1.807) is 6.92 Å². The summed E-state index contributed by atoms with van der Waals surface area (Å²) in [6, 6.07) is 2.15. The third-order valence-corrected chi connectivity index (χ3v) is 4.17. The van der Waals surface area contributed by atoms with Gasteiger partial charge in [0.25, 0.3) is 5.69 Å². The molecule has 0 radical (unpaired) electrons. The summed E-state index contributed by atoms with van der Waals surface area (Å²) in [5.41, 5.74) is -0.363. The zero-order valence-corrected chi connectivity index (χ0v) is 12.1. The Morgan fingerprint density at radius 3 is 2.32 bits per heavy atom. The summed E-state index contributed by atoms with van der Waals surface area (Å²) in [6.45, 7) is 1.78. The van der Waals surface area contributed by atoms with Crippen LogP contribution in [0.5, 0.6) is 0 Å². The van der Waals surface area contributed by atoms with Gasteiger partial charge in [-0.25, -0.2) is 13.1 Å². The number of nitrogens with zero attached hydrogens (tertiary/aromatic N) is 1. The lowest BCUT2D eigenvalue weighted by atomic mass is 10.2. The van der Waals surface area contributed by atoms with E-state index in [2.05, 4.69) is 39.2 Å². The van der Waals surface area contributed by atoms with Crippen molar-refractivity contribution in [3.63, 3.8) is 0 Å². The summed E-state index contributed by atoms with van der Waals surface area (Å²) >= 11 is 9.18. The first kappa shape index (κ1) is 15.6. The Morgan fingerprint density at radius 1 is 1.32 bits per heavy atom. The molecule has 0 aliphatic carbocycles. The monoisotopic (exact) mass is 316 g/mol.